The molecule has 0 unspecified atom stereocenters. The van der Waals surface area contributed by atoms with E-state index in [9.17, 15) is 0 Å². The molecule has 1 heteroatoms. The highest BCUT2D eigenvalue weighted by molar-refractivity contribution is 6.20. The summed E-state index contributed by atoms with van der Waals surface area (Å²) >= 11 is 0. The van der Waals surface area contributed by atoms with Gasteiger partial charge in [0.15, 0.2) is 0 Å². The fourth-order valence-corrected chi connectivity index (χ4v) is 3.41. The van der Waals surface area contributed by atoms with Gasteiger partial charge in [0.2, 0.25) is 0 Å². The van der Waals surface area contributed by atoms with Crippen LogP contribution < -0.4 is 0 Å². The molecule has 0 N–H and O–H groups in total. The molecular weight excluding hydrogens is 266 g/mol. The lowest BCUT2D eigenvalue weighted by molar-refractivity contribution is 1.46. The van der Waals surface area contributed by atoms with Gasteiger partial charge in [0.25, 0.3) is 0 Å². The van der Waals surface area contributed by atoms with Crippen molar-refractivity contribution < 1.29 is 0 Å². The quantitative estimate of drug-likeness (QED) is 0.332. The average molecular weight is 279 g/mol. The Morgan fingerprint density at radius 1 is 0.455 bits per heavy atom. The Labute approximate surface area is 127 Å². The fourth-order valence-electron chi connectivity index (χ4n) is 3.41. The van der Waals surface area contributed by atoms with Crippen molar-refractivity contribution in [2.45, 2.75) is 0 Å². The van der Waals surface area contributed by atoms with Crippen LogP contribution >= 0.6 is 0 Å². The van der Waals surface area contributed by atoms with Crippen LogP contribution in [0.1, 0.15) is 0 Å². The second-order valence-electron chi connectivity index (χ2n) is 5.69. The highest BCUT2D eigenvalue weighted by Crippen LogP contribution is 2.32. The summed E-state index contributed by atoms with van der Waals surface area (Å²) in [7, 11) is 0. The first kappa shape index (κ1) is 11.7. The number of fused-ring (bicyclic) bond motifs is 7. The number of pyridine rings is 1. The van der Waals surface area contributed by atoms with Gasteiger partial charge in [0, 0.05) is 22.4 Å². The third-order valence-electron chi connectivity index (χ3n) is 4.48. The van der Waals surface area contributed by atoms with Crippen LogP contribution in [-0.2, 0) is 0 Å². The van der Waals surface area contributed by atoms with Crippen molar-refractivity contribution in [1.29, 1.82) is 0 Å². The van der Waals surface area contributed by atoms with Crippen LogP contribution in [0.15, 0.2) is 79.0 Å². The molecule has 102 valence electrons. The van der Waals surface area contributed by atoms with Gasteiger partial charge >= 0.3 is 0 Å². The first-order valence-electron chi connectivity index (χ1n) is 7.50. The van der Waals surface area contributed by atoms with Gasteiger partial charge in [-0.2, -0.15) is 0 Å². The molecule has 0 aliphatic rings. The van der Waals surface area contributed by atoms with Crippen LogP contribution in [0.2, 0.25) is 0 Å². The van der Waals surface area contributed by atoms with Crippen LogP contribution in [-0.4, -0.2) is 4.98 Å². The second-order valence-corrected chi connectivity index (χ2v) is 5.69. The van der Waals surface area contributed by atoms with E-state index < -0.39 is 0 Å². The molecular formula is C21H13N. The number of nitrogens with zero attached hydrogens (tertiary/aromatic N) is 1. The number of aromatic nitrogens is 1. The van der Waals surface area contributed by atoms with Gasteiger partial charge in [-0.1, -0.05) is 72.8 Å². The van der Waals surface area contributed by atoms with Crippen LogP contribution in [0.25, 0.3) is 43.2 Å². The summed E-state index contributed by atoms with van der Waals surface area (Å²) in [6, 6.07) is 25.7. The lowest BCUT2D eigenvalue weighted by atomic mass is 9.98. The van der Waals surface area contributed by atoms with Crippen LogP contribution in [0.3, 0.4) is 0 Å². The van der Waals surface area contributed by atoms with E-state index in [1.807, 2.05) is 6.20 Å². The molecule has 0 atom stereocenters. The van der Waals surface area contributed by atoms with E-state index in [2.05, 4.69) is 72.8 Å². The zero-order valence-electron chi connectivity index (χ0n) is 12.0. The minimum absolute atomic E-state index is 1.08. The lowest BCUT2D eigenvalue weighted by Crippen LogP contribution is -1.85. The molecule has 22 heavy (non-hydrogen) atoms. The summed E-state index contributed by atoms with van der Waals surface area (Å²) in [5.41, 5.74) is 1.08. The normalized spacial score (nSPS) is 11.6. The fraction of sp³-hybridized carbons (Fsp3) is 0. The Bertz CT molecular complexity index is 1080. The Hall–Kier alpha value is -2.93. The Balaban J connectivity index is 2.04. The summed E-state index contributed by atoms with van der Waals surface area (Å²) in [5, 5.41) is 8.70. The largest absolute Gasteiger partial charge is 0.255 e. The maximum Gasteiger partial charge on any atom is 0.0786 e. The Morgan fingerprint density at radius 3 is 1.91 bits per heavy atom. The van der Waals surface area contributed by atoms with Gasteiger partial charge in [0.1, 0.15) is 0 Å². The molecule has 0 saturated heterocycles. The Morgan fingerprint density at radius 2 is 1.09 bits per heavy atom. The Kier molecular flexibility index (Phi) is 2.28. The maximum absolute atomic E-state index is 4.79. The highest BCUT2D eigenvalue weighted by Gasteiger charge is 2.07. The van der Waals surface area contributed by atoms with Crippen molar-refractivity contribution in [3.05, 3.63) is 79.0 Å². The van der Waals surface area contributed by atoms with Crippen molar-refractivity contribution in [2.24, 2.45) is 0 Å². The SMILES string of the molecule is c1ccc2c(c1)ccc1c2cnc2c3ccccc3ccc12. The molecule has 5 aromatic rings. The number of rotatable bonds is 0. The molecule has 0 aliphatic carbocycles. The molecule has 0 radical (unpaired) electrons. The van der Waals surface area contributed by atoms with E-state index >= 15 is 0 Å². The predicted octanol–water partition coefficient (Wildman–Crippen LogP) is 5.69. The molecule has 0 bridgehead atoms. The third kappa shape index (κ3) is 1.51. The standard InChI is InChI=1S/C21H13N/c1-3-7-16-14(5-1)9-11-18-19-12-10-15-6-2-4-8-17(15)21(19)22-13-20(16)18/h1-13H. The molecule has 5 rings (SSSR count). The number of hydrogen-bond acceptors (Lipinski definition) is 1. The summed E-state index contributed by atoms with van der Waals surface area (Å²) in [6.45, 7) is 0. The van der Waals surface area contributed by atoms with Crippen LogP contribution in [0, 0.1) is 0 Å². The molecule has 1 aromatic heterocycles. The van der Waals surface area contributed by atoms with E-state index in [4.69, 9.17) is 4.98 Å². The van der Waals surface area contributed by atoms with E-state index in [1.54, 1.807) is 0 Å². The van der Waals surface area contributed by atoms with E-state index in [-0.39, 0.29) is 0 Å². The lowest BCUT2D eigenvalue weighted by Gasteiger charge is -2.08. The first-order valence-corrected chi connectivity index (χ1v) is 7.50. The number of hydrogen-bond donors (Lipinski definition) is 0. The van der Waals surface area contributed by atoms with Gasteiger partial charge in [-0.05, 0) is 21.5 Å². The molecule has 0 spiro atoms. The summed E-state index contributed by atoms with van der Waals surface area (Å²) < 4.78 is 0. The minimum atomic E-state index is 1.08. The average Bonchev–Trinajstić information content (AvgIpc) is 2.60. The highest BCUT2D eigenvalue weighted by atomic mass is 14.7. The molecule has 1 nitrogen and oxygen atoms in total. The van der Waals surface area contributed by atoms with Crippen LogP contribution in [0.5, 0.6) is 0 Å². The van der Waals surface area contributed by atoms with Gasteiger partial charge in [-0.15, -0.1) is 0 Å². The number of benzene rings is 4. The molecule has 0 amide bonds. The van der Waals surface area contributed by atoms with E-state index in [0.717, 1.165) is 5.52 Å². The minimum Gasteiger partial charge on any atom is -0.255 e. The van der Waals surface area contributed by atoms with Gasteiger partial charge in [-0.25, -0.2) is 0 Å². The second kappa shape index (κ2) is 4.28. The zero-order chi connectivity index (χ0) is 14.5. The monoisotopic (exact) mass is 279 g/mol. The molecule has 4 aromatic carbocycles. The summed E-state index contributed by atoms with van der Waals surface area (Å²) in [4.78, 5) is 4.79. The van der Waals surface area contributed by atoms with Gasteiger partial charge in [-0.3, -0.25) is 4.98 Å². The van der Waals surface area contributed by atoms with Gasteiger partial charge in [0.05, 0.1) is 5.52 Å². The van der Waals surface area contributed by atoms with Crippen molar-refractivity contribution in [2.75, 3.05) is 0 Å². The smallest absolute Gasteiger partial charge is 0.0786 e. The van der Waals surface area contributed by atoms with E-state index in [1.165, 1.54) is 37.7 Å². The van der Waals surface area contributed by atoms with Gasteiger partial charge < -0.3 is 0 Å². The molecule has 0 saturated carbocycles. The zero-order valence-corrected chi connectivity index (χ0v) is 12.0. The van der Waals surface area contributed by atoms with Crippen molar-refractivity contribution in [3.8, 4) is 0 Å². The third-order valence-corrected chi connectivity index (χ3v) is 4.48. The van der Waals surface area contributed by atoms with E-state index in [0.29, 0.717) is 0 Å². The molecule has 0 aliphatic heterocycles. The first-order chi connectivity index (χ1) is 10.9. The van der Waals surface area contributed by atoms with Crippen LogP contribution in [0.4, 0.5) is 0 Å². The van der Waals surface area contributed by atoms with Crippen molar-refractivity contribution in [3.63, 3.8) is 0 Å². The predicted molar refractivity (Wildman–Crippen MR) is 94.3 cm³/mol. The van der Waals surface area contributed by atoms with Crippen molar-refractivity contribution in [1.82, 2.24) is 4.98 Å². The molecule has 1 heterocycles. The topological polar surface area (TPSA) is 12.9 Å². The summed E-state index contributed by atoms with van der Waals surface area (Å²) in [5.74, 6) is 0. The maximum atomic E-state index is 4.79. The summed E-state index contributed by atoms with van der Waals surface area (Å²) in [6.07, 6.45) is 2.02. The van der Waals surface area contributed by atoms with Crippen molar-refractivity contribution >= 4 is 43.2 Å². The molecule has 0 fully saturated rings.